The third-order valence-electron chi connectivity index (χ3n) is 4.02. The Balaban J connectivity index is 1.62. The fourth-order valence-corrected chi connectivity index (χ4v) is 4.12. The second kappa shape index (κ2) is 4.57. The summed E-state index contributed by atoms with van der Waals surface area (Å²) in [5.74, 6) is 2.12. The van der Waals surface area contributed by atoms with Crippen LogP contribution in [-0.4, -0.2) is 35.7 Å². The third kappa shape index (κ3) is 2.09. The first kappa shape index (κ1) is 10.9. The molecule has 4 unspecified atom stereocenters. The summed E-state index contributed by atoms with van der Waals surface area (Å²) in [5.41, 5.74) is 0. The zero-order valence-corrected chi connectivity index (χ0v) is 10.6. The van der Waals surface area contributed by atoms with Gasteiger partial charge in [-0.15, -0.1) is 0 Å². The van der Waals surface area contributed by atoms with Crippen molar-refractivity contribution in [1.29, 1.82) is 0 Å². The summed E-state index contributed by atoms with van der Waals surface area (Å²) < 4.78 is 5.57. The molecule has 0 radical (unpaired) electrons. The van der Waals surface area contributed by atoms with E-state index in [2.05, 4.69) is 12.2 Å². The maximum Gasteiger partial charge on any atom is 0.157 e. The topological polar surface area (TPSA) is 33.6 Å². The summed E-state index contributed by atoms with van der Waals surface area (Å²) >= 11 is 1.91. The van der Waals surface area contributed by atoms with Crippen LogP contribution in [0.1, 0.15) is 32.6 Å². The Hall–Kier alpha value is -0.220. The van der Waals surface area contributed by atoms with E-state index in [9.17, 15) is 0 Å². The summed E-state index contributed by atoms with van der Waals surface area (Å²) in [6, 6.07) is 1.09. The predicted molar refractivity (Wildman–Crippen MR) is 68.0 cm³/mol. The van der Waals surface area contributed by atoms with Gasteiger partial charge in [0.05, 0.1) is 18.2 Å². The highest BCUT2D eigenvalue weighted by atomic mass is 32.2. The summed E-state index contributed by atoms with van der Waals surface area (Å²) in [6.45, 7) is 3.04. The first-order valence-electron chi connectivity index (χ1n) is 6.41. The quantitative estimate of drug-likeness (QED) is 0.761. The normalized spacial score (nSPS) is 42.9. The van der Waals surface area contributed by atoms with Crippen molar-refractivity contribution >= 4 is 16.9 Å². The van der Waals surface area contributed by atoms with E-state index < -0.39 is 0 Å². The highest BCUT2D eigenvalue weighted by Crippen LogP contribution is 2.35. The molecule has 0 aromatic rings. The highest BCUT2D eigenvalue weighted by molar-refractivity contribution is 8.13. The van der Waals surface area contributed by atoms with Crippen LogP contribution in [0.2, 0.25) is 0 Å². The highest BCUT2D eigenvalue weighted by Gasteiger charge is 2.32. The second-order valence-electron chi connectivity index (χ2n) is 5.12. The molecule has 0 bridgehead atoms. The minimum atomic E-state index is 0.338. The summed E-state index contributed by atoms with van der Waals surface area (Å²) in [4.78, 5) is 4.85. The molecular weight excluding hydrogens is 220 g/mol. The Morgan fingerprint density at radius 1 is 1.38 bits per heavy atom. The van der Waals surface area contributed by atoms with Crippen LogP contribution >= 0.6 is 11.8 Å². The second-order valence-corrected chi connectivity index (χ2v) is 6.13. The molecular formula is C12H20N2OS. The van der Waals surface area contributed by atoms with Crippen molar-refractivity contribution in [2.75, 3.05) is 12.4 Å². The van der Waals surface area contributed by atoms with Crippen molar-refractivity contribution in [2.24, 2.45) is 10.9 Å². The Labute approximate surface area is 101 Å². The van der Waals surface area contributed by atoms with Crippen LogP contribution in [0.3, 0.4) is 0 Å². The fourth-order valence-electron chi connectivity index (χ4n) is 2.91. The molecule has 2 aliphatic heterocycles. The van der Waals surface area contributed by atoms with Crippen LogP contribution in [-0.2, 0) is 4.74 Å². The standard InChI is InChI=1S/C12H20N2OS/c1-8-10(5-6-15-8)13-12-14-11-4-2-3-9(11)7-16-12/h8-11H,2-7H2,1H3,(H,13,14). The summed E-state index contributed by atoms with van der Waals surface area (Å²) in [5, 5.41) is 4.74. The maximum atomic E-state index is 5.57. The van der Waals surface area contributed by atoms with Gasteiger partial charge in [-0.05, 0) is 32.1 Å². The van der Waals surface area contributed by atoms with Gasteiger partial charge in [0.25, 0.3) is 0 Å². The van der Waals surface area contributed by atoms with Crippen LogP contribution in [0.4, 0.5) is 0 Å². The van der Waals surface area contributed by atoms with E-state index in [-0.39, 0.29) is 0 Å². The van der Waals surface area contributed by atoms with Crippen molar-refractivity contribution in [3.63, 3.8) is 0 Å². The van der Waals surface area contributed by atoms with Crippen molar-refractivity contribution < 1.29 is 4.74 Å². The minimum absolute atomic E-state index is 0.338. The van der Waals surface area contributed by atoms with E-state index in [4.69, 9.17) is 9.73 Å². The van der Waals surface area contributed by atoms with Crippen LogP contribution in [0.5, 0.6) is 0 Å². The molecule has 1 saturated carbocycles. The number of nitrogens with one attached hydrogen (secondary N) is 1. The van der Waals surface area contributed by atoms with Crippen LogP contribution in [0.25, 0.3) is 0 Å². The van der Waals surface area contributed by atoms with E-state index in [0.29, 0.717) is 18.2 Å². The molecule has 4 heteroatoms. The van der Waals surface area contributed by atoms with Crippen LogP contribution in [0.15, 0.2) is 4.99 Å². The molecule has 1 aliphatic carbocycles. The van der Waals surface area contributed by atoms with E-state index in [1.165, 1.54) is 30.2 Å². The smallest absolute Gasteiger partial charge is 0.157 e. The lowest BCUT2D eigenvalue weighted by Gasteiger charge is -2.26. The molecule has 3 nitrogen and oxygen atoms in total. The van der Waals surface area contributed by atoms with Gasteiger partial charge in [0, 0.05) is 12.4 Å². The molecule has 0 amide bonds. The number of hydrogen-bond acceptors (Lipinski definition) is 4. The number of thioether (sulfide) groups is 1. The number of amidine groups is 1. The van der Waals surface area contributed by atoms with Gasteiger partial charge in [-0.3, -0.25) is 4.99 Å². The Kier molecular flexibility index (Phi) is 3.11. The first-order valence-corrected chi connectivity index (χ1v) is 7.40. The molecule has 4 atom stereocenters. The number of nitrogens with zero attached hydrogens (tertiary/aromatic N) is 1. The molecule has 0 aromatic carbocycles. The zero-order chi connectivity index (χ0) is 11.0. The lowest BCUT2D eigenvalue weighted by Crippen LogP contribution is -2.40. The van der Waals surface area contributed by atoms with Gasteiger partial charge >= 0.3 is 0 Å². The number of aliphatic imine (C=N–C) groups is 1. The van der Waals surface area contributed by atoms with Crippen molar-refractivity contribution in [1.82, 2.24) is 5.32 Å². The number of fused-ring (bicyclic) bond motifs is 1. The van der Waals surface area contributed by atoms with Crippen molar-refractivity contribution in [3.8, 4) is 0 Å². The molecule has 2 heterocycles. The summed E-state index contributed by atoms with van der Waals surface area (Å²) in [6.07, 6.45) is 5.51. The third-order valence-corrected chi connectivity index (χ3v) is 5.11. The minimum Gasteiger partial charge on any atom is -0.376 e. The van der Waals surface area contributed by atoms with E-state index in [0.717, 1.165) is 18.9 Å². The van der Waals surface area contributed by atoms with Gasteiger partial charge in [0.2, 0.25) is 0 Å². The molecule has 2 fully saturated rings. The van der Waals surface area contributed by atoms with E-state index in [1.54, 1.807) is 0 Å². The van der Waals surface area contributed by atoms with Gasteiger partial charge in [-0.1, -0.05) is 18.2 Å². The van der Waals surface area contributed by atoms with Gasteiger partial charge in [0.15, 0.2) is 5.17 Å². The lowest BCUT2D eigenvalue weighted by molar-refractivity contribution is 0.116. The first-order chi connectivity index (χ1) is 7.83. The molecule has 0 aromatic heterocycles. The number of hydrogen-bond donors (Lipinski definition) is 1. The van der Waals surface area contributed by atoms with Gasteiger partial charge in [0.1, 0.15) is 0 Å². The van der Waals surface area contributed by atoms with Crippen LogP contribution < -0.4 is 5.32 Å². The molecule has 3 aliphatic rings. The SMILES string of the molecule is CC1OCCC1NC1=NC2CCCC2CS1. The molecule has 0 spiro atoms. The number of ether oxygens (including phenoxy) is 1. The van der Waals surface area contributed by atoms with Gasteiger partial charge in [-0.25, -0.2) is 0 Å². The Bertz CT molecular complexity index is 295. The monoisotopic (exact) mass is 240 g/mol. The van der Waals surface area contributed by atoms with Gasteiger partial charge < -0.3 is 10.1 Å². The van der Waals surface area contributed by atoms with Crippen molar-refractivity contribution in [2.45, 2.75) is 50.8 Å². The maximum absolute atomic E-state index is 5.57. The largest absolute Gasteiger partial charge is 0.376 e. The average molecular weight is 240 g/mol. The molecule has 1 N–H and O–H groups in total. The fraction of sp³-hybridized carbons (Fsp3) is 0.917. The van der Waals surface area contributed by atoms with Crippen LogP contribution in [0, 0.1) is 5.92 Å². The molecule has 90 valence electrons. The molecule has 1 saturated heterocycles. The lowest BCUT2D eigenvalue weighted by atomic mass is 10.1. The summed E-state index contributed by atoms with van der Waals surface area (Å²) in [7, 11) is 0. The average Bonchev–Trinajstić information content (AvgIpc) is 2.88. The number of rotatable bonds is 1. The van der Waals surface area contributed by atoms with Gasteiger partial charge in [-0.2, -0.15) is 0 Å². The Morgan fingerprint density at radius 2 is 2.31 bits per heavy atom. The molecule has 16 heavy (non-hydrogen) atoms. The molecule has 3 rings (SSSR count). The zero-order valence-electron chi connectivity index (χ0n) is 9.82. The Morgan fingerprint density at radius 3 is 3.12 bits per heavy atom. The predicted octanol–water partition coefficient (Wildman–Crippen LogP) is 2.02. The van der Waals surface area contributed by atoms with E-state index in [1.807, 2.05) is 11.8 Å². The van der Waals surface area contributed by atoms with E-state index >= 15 is 0 Å². The van der Waals surface area contributed by atoms with Crippen molar-refractivity contribution in [3.05, 3.63) is 0 Å².